The van der Waals surface area contributed by atoms with Gasteiger partial charge in [-0.05, 0) is 96.9 Å². The number of aromatic hydroxyl groups is 1. The lowest BCUT2D eigenvalue weighted by Gasteiger charge is -2.32. The van der Waals surface area contributed by atoms with Crippen LogP contribution in [0.3, 0.4) is 0 Å². The maximum Gasteiger partial charge on any atom is 0.120 e. The Labute approximate surface area is 229 Å². The van der Waals surface area contributed by atoms with E-state index in [1.165, 1.54) is 84.9 Å². The van der Waals surface area contributed by atoms with Crippen molar-refractivity contribution in [3.8, 4) is 11.5 Å². The van der Waals surface area contributed by atoms with Crippen molar-refractivity contribution >= 4 is 5.69 Å². The Morgan fingerprint density at radius 1 is 0.868 bits per heavy atom. The lowest BCUT2D eigenvalue weighted by atomic mass is 9.79. The van der Waals surface area contributed by atoms with Gasteiger partial charge in [-0.1, -0.05) is 74.9 Å². The van der Waals surface area contributed by atoms with E-state index in [1.807, 2.05) is 12.1 Å². The number of phenolic OH excluding ortho intramolecular Hbond substituents is 1. The second kappa shape index (κ2) is 12.7. The molecule has 0 bridgehead atoms. The van der Waals surface area contributed by atoms with Crippen LogP contribution in [0.4, 0.5) is 5.69 Å². The van der Waals surface area contributed by atoms with Gasteiger partial charge in [0, 0.05) is 24.8 Å². The van der Waals surface area contributed by atoms with Gasteiger partial charge in [-0.25, -0.2) is 0 Å². The molecule has 3 aromatic rings. The summed E-state index contributed by atoms with van der Waals surface area (Å²) in [6.07, 6.45) is 14.3. The van der Waals surface area contributed by atoms with E-state index < -0.39 is 0 Å². The van der Waals surface area contributed by atoms with E-state index in [0.717, 1.165) is 44.0 Å². The van der Waals surface area contributed by atoms with E-state index in [4.69, 9.17) is 4.74 Å². The van der Waals surface area contributed by atoms with Gasteiger partial charge in [0.15, 0.2) is 0 Å². The van der Waals surface area contributed by atoms with Gasteiger partial charge in [0.25, 0.3) is 0 Å². The average Bonchev–Trinajstić information content (AvgIpc) is 2.96. The fourth-order valence-corrected chi connectivity index (χ4v) is 6.75. The van der Waals surface area contributed by atoms with Gasteiger partial charge < -0.3 is 14.7 Å². The molecule has 3 aromatic carbocycles. The summed E-state index contributed by atoms with van der Waals surface area (Å²) in [6.45, 7) is 4.10. The first-order valence-corrected chi connectivity index (χ1v) is 14.9. The Bertz CT molecular complexity index is 1180. The van der Waals surface area contributed by atoms with E-state index in [1.54, 1.807) is 7.11 Å². The summed E-state index contributed by atoms with van der Waals surface area (Å²) in [5, 5.41) is 9.91. The maximum atomic E-state index is 9.91. The summed E-state index contributed by atoms with van der Waals surface area (Å²) in [7, 11) is 1.76. The molecule has 202 valence electrons. The monoisotopic (exact) mass is 511 g/mol. The van der Waals surface area contributed by atoms with E-state index in [-0.39, 0.29) is 0 Å². The minimum atomic E-state index is 0.375. The first-order chi connectivity index (χ1) is 18.6. The third-order valence-electron chi connectivity index (χ3n) is 9.02. The van der Waals surface area contributed by atoms with Crippen LogP contribution in [-0.4, -0.2) is 18.8 Å². The van der Waals surface area contributed by atoms with Crippen LogP contribution in [0.5, 0.6) is 11.5 Å². The molecule has 0 unspecified atom stereocenters. The zero-order chi connectivity index (χ0) is 26.3. The standard InChI is InChI=1S/C35H45NO2/c1-3-36(25-28-14-12-27(13-15-28)11-7-10-26-8-5-4-6-9-26)35-24-33(38-2)20-21-34(35)31-17-16-30-23-32(37)19-18-29(30)22-31/h12-15,18-21,23-24,26,31,37H,3-11,16-17,22,25H2,1-2H3/t31-/m1/s1. The zero-order valence-electron chi connectivity index (χ0n) is 23.4. The number of hydrogen-bond acceptors (Lipinski definition) is 3. The van der Waals surface area contributed by atoms with Crippen molar-refractivity contribution in [3.63, 3.8) is 0 Å². The minimum Gasteiger partial charge on any atom is -0.508 e. The van der Waals surface area contributed by atoms with Gasteiger partial charge in [0.1, 0.15) is 11.5 Å². The number of aryl methyl sites for hydroxylation is 2. The topological polar surface area (TPSA) is 32.7 Å². The van der Waals surface area contributed by atoms with Crippen molar-refractivity contribution < 1.29 is 9.84 Å². The molecule has 1 saturated carbocycles. The van der Waals surface area contributed by atoms with E-state index in [9.17, 15) is 5.11 Å². The summed E-state index contributed by atoms with van der Waals surface area (Å²) in [6, 6.07) is 21.9. The predicted octanol–water partition coefficient (Wildman–Crippen LogP) is 8.60. The first kappa shape index (κ1) is 26.7. The zero-order valence-corrected chi connectivity index (χ0v) is 23.4. The molecule has 3 nitrogen and oxygen atoms in total. The van der Waals surface area contributed by atoms with Crippen molar-refractivity contribution in [2.45, 2.75) is 90.0 Å². The number of rotatable bonds is 10. The molecule has 0 heterocycles. The van der Waals surface area contributed by atoms with E-state index >= 15 is 0 Å². The number of fused-ring (bicyclic) bond motifs is 1. The number of ether oxygens (including phenoxy) is 1. The molecule has 0 amide bonds. The van der Waals surface area contributed by atoms with Gasteiger partial charge in [-0.15, -0.1) is 0 Å². The molecule has 2 aliphatic rings. The Kier molecular flexibility index (Phi) is 8.94. The number of hydrogen-bond donors (Lipinski definition) is 1. The van der Waals surface area contributed by atoms with Crippen LogP contribution < -0.4 is 9.64 Å². The Morgan fingerprint density at radius 2 is 1.66 bits per heavy atom. The Hall–Kier alpha value is -2.94. The van der Waals surface area contributed by atoms with Crippen molar-refractivity contribution in [3.05, 3.63) is 88.5 Å². The first-order valence-electron chi connectivity index (χ1n) is 14.9. The lowest BCUT2D eigenvalue weighted by Crippen LogP contribution is -2.25. The summed E-state index contributed by atoms with van der Waals surface area (Å²) in [5.41, 5.74) is 8.19. The molecular weight excluding hydrogens is 466 g/mol. The minimum absolute atomic E-state index is 0.375. The molecule has 0 radical (unpaired) electrons. The molecule has 1 atom stereocenters. The third-order valence-corrected chi connectivity index (χ3v) is 9.02. The fraction of sp³-hybridized carbons (Fsp3) is 0.486. The van der Waals surface area contributed by atoms with Gasteiger partial charge >= 0.3 is 0 Å². The van der Waals surface area contributed by atoms with E-state index in [0.29, 0.717) is 11.7 Å². The van der Waals surface area contributed by atoms with Crippen LogP contribution in [0.25, 0.3) is 0 Å². The Balaban J connectivity index is 1.27. The largest absolute Gasteiger partial charge is 0.508 e. The summed E-state index contributed by atoms with van der Waals surface area (Å²) in [4.78, 5) is 2.50. The quantitative estimate of drug-likeness (QED) is 0.296. The highest BCUT2D eigenvalue weighted by molar-refractivity contribution is 5.60. The normalized spacial score (nSPS) is 17.7. The molecule has 0 saturated heterocycles. The molecular formula is C35H45NO2. The maximum absolute atomic E-state index is 9.91. The molecule has 38 heavy (non-hydrogen) atoms. The number of methoxy groups -OCH3 is 1. The van der Waals surface area contributed by atoms with Crippen molar-refractivity contribution in [1.82, 2.24) is 0 Å². The molecule has 5 rings (SSSR count). The highest BCUT2D eigenvalue weighted by Gasteiger charge is 2.25. The SMILES string of the molecule is CCN(Cc1ccc(CCCC2CCCCC2)cc1)c1cc(OC)ccc1[C@@H]1CCc2cc(O)ccc2C1. The van der Waals surface area contributed by atoms with Crippen molar-refractivity contribution in [2.24, 2.45) is 5.92 Å². The van der Waals surface area contributed by atoms with Crippen LogP contribution in [0.2, 0.25) is 0 Å². The highest BCUT2D eigenvalue weighted by Crippen LogP contribution is 2.40. The van der Waals surface area contributed by atoms with Crippen LogP contribution >= 0.6 is 0 Å². The second-order valence-corrected chi connectivity index (χ2v) is 11.5. The number of anilines is 1. The lowest BCUT2D eigenvalue weighted by molar-refractivity contribution is 0.332. The smallest absolute Gasteiger partial charge is 0.120 e. The summed E-state index contributed by atoms with van der Waals surface area (Å²) < 4.78 is 5.65. The van der Waals surface area contributed by atoms with Gasteiger partial charge in [0.05, 0.1) is 7.11 Å². The van der Waals surface area contributed by atoms with Crippen LogP contribution in [-0.2, 0) is 25.8 Å². The van der Waals surface area contributed by atoms with Crippen LogP contribution in [0, 0.1) is 5.92 Å². The highest BCUT2D eigenvalue weighted by atomic mass is 16.5. The van der Waals surface area contributed by atoms with Crippen molar-refractivity contribution in [1.29, 1.82) is 0 Å². The number of nitrogens with zero attached hydrogens (tertiary/aromatic N) is 1. The molecule has 0 aliphatic heterocycles. The van der Waals surface area contributed by atoms with Crippen molar-refractivity contribution in [2.75, 3.05) is 18.6 Å². The molecule has 1 fully saturated rings. The van der Waals surface area contributed by atoms with Crippen LogP contribution in [0.15, 0.2) is 60.7 Å². The summed E-state index contributed by atoms with van der Waals surface area (Å²) >= 11 is 0. The van der Waals surface area contributed by atoms with Gasteiger partial charge in [0.2, 0.25) is 0 Å². The fourth-order valence-electron chi connectivity index (χ4n) is 6.75. The van der Waals surface area contributed by atoms with Crippen LogP contribution in [0.1, 0.15) is 92.0 Å². The van der Waals surface area contributed by atoms with Gasteiger partial charge in [-0.2, -0.15) is 0 Å². The second-order valence-electron chi connectivity index (χ2n) is 11.5. The Morgan fingerprint density at radius 3 is 2.42 bits per heavy atom. The summed E-state index contributed by atoms with van der Waals surface area (Å²) in [5.74, 6) is 2.73. The molecule has 0 spiro atoms. The average molecular weight is 512 g/mol. The molecule has 0 aromatic heterocycles. The number of benzene rings is 3. The predicted molar refractivity (Wildman–Crippen MR) is 159 cm³/mol. The number of phenols is 1. The third kappa shape index (κ3) is 6.54. The molecule has 3 heteroatoms. The van der Waals surface area contributed by atoms with Gasteiger partial charge in [-0.3, -0.25) is 0 Å². The molecule has 2 aliphatic carbocycles. The molecule has 1 N–H and O–H groups in total. The van der Waals surface area contributed by atoms with E-state index in [2.05, 4.69) is 60.4 Å².